The third-order valence-corrected chi connectivity index (χ3v) is 4.42. The van der Waals surface area contributed by atoms with Crippen molar-refractivity contribution in [1.29, 1.82) is 0 Å². The quantitative estimate of drug-likeness (QED) is 0.785. The van der Waals surface area contributed by atoms with Crippen LogP contribution in [-0.2, 0) is 0 Å². The molecule has 60 valence electrons. The van der Waals surface area contributed by atoms with Crippen LogP contribution in [0.5, 0.6) is 5.75 Å². The summed E-state index contributed by atoms with van der Waals surface area (Å²) in [5.41, 5.74) is 0. The number of methoxy groups -OCH3 is 1. The summed E-state index contributed by atoms with van der Waals surface area (Å²) in [7, 11) is 1.53. The maximum atomic E-state index is 10.4. The van der Waals surface area contributed by atoms with E-state index in [4.69, 9.17) is 4.74 Å². The van der Waals surface area contributed by atoms with Crippen LogP contribution in [0.4, 0.5) is 0 Å². The lowest BCUT2D eigenvalue weighted by Gasteiger charge is -1.95. The number of hydrogen-bond donors (Lipinski definition) is 0. The van der Waals surface area contributed by atoms with Crippen molar-refractivity contribution in [2.24, 2.45) is 0 Å². The van der Waals surface area contributed by atoms with E-state index in [1.165, 1.54) is 18.4 Å². The molecule has 0 spiro atoms. The average molecular weight is 300 g/mol. The molecule has 0 unspecified atom stereocenters. The van der Waals surface area contributed by atoms with Gasteiger partial charge in [0.05, 0.1) is 15.4 Å². The standard InChI is InChI=1S/C6H4Br2O2S/c1-10-5-3(2-9)11-6(8)4(5)7/h2H,1H3. The molecule has 0 radical (unpaired) electrons. The normalized spacial score (nSPS) is 9.73. The summed E-state index contributed by atoms with van der Waals surface area (Å²) in [4.78, 5) is 11.0. The second-order valence-corrected chi connectivity index (χ2v) is 4.87. The van der Waals surface area contributed by atoms with Crippen LogP contribution in [0.25, 0.3) is 0 Å². The summed E-state index contributed by atoms with van der Waals surface area (Å²) in [6.45, 7) is 0. The number of aldehydes is 1. The van der Waals surface area contributed by atoms with Crippen molar-refractivity contribution < 1.29 is 9.53 Å². The first-order valence-electron chi connectivity index (χ1n) is 2.67. The second-order valence-electron chi connectivity index (χ2n) is 1.71. The Balaban J connectivity index is 3.26. The van der Waals surface area contributed by atoms with E-state index in [9.17, 15) is 4.79 Å². The first kappa shape index (κ1) is 9.22. The number of ether oxygens (including phenoxy) is 1. The van der Waals surface area contributed by atoms with Crippen molar-refractivity contribution in [3.63, 3.8) is 0 Å². The van der Waals surface area contributed by atoms with Gasteiger partial charge < -0.3 is 4.74 Å². The van der Waals surface area contributed by atoms with Gasteiger partial charge in [0.15, 0.2) is 12.0 Å². The Kier molecular flexibility index (Phi) is 3.09. The number of carbonyl (C=O) groups is 1. The van der Waals surface area contributed by atoms with Gasteiger partial charge in [0.2, 0.25) is 0 Å². The molecule has 0 aliphatic rings. The van der Waals surface area contributed by atoms with Gasteiger partial charge in [0, 0.05) is 0 Å². The Labute approximate surface area is 84.8 Å². The van der Waals surface area contributed by atoms with Crippen LogP contribution in [0, 0.1) is 0 Å². The third-order valence-electron chi connectivity index (χ3n) is 1.11. The minimum atomic E-state index is 0.589. The Morgan fingerprint density at radius 3 is 2.55 bits per heavy atom. The zero-order valence-corrected chi connectivity index (χ0v) is 9.55. The highest BCUT2D eigenvalue weighted by atomic mass is 79.9. The molecule has 2 nitrogen and oxygen atoms in total. The number of hydrogen-bond acceptors (Lipinski definition) is 3. The van der Waals surface area contributed by atoms with Crippen molar-refractivity contribution in [3.05, 3.63) is 13.1 Å². The van der Waals surface area contributed by atoms with Gasteiger partial charge in [-0.25, -0.2) is 0 Å². The Morgan fingerprint density at radius 1 is 1.55 bits per heavy atom. The minimum Gasteiger partial charge on any atom is -0.494 e. The van der Waals surface area contributed by atoms with Gasteiger partial charge >= 0.3 is 0 Å². The van der Waals surface area contributed by atoms with E-state index in [2.05, 4.69) is 31.9 Å². The number of thiophene rings is 1. The van der Waals surface area contributed by atoms with E-state index in [0.717, 1.165) is 14.5 Å². The van der Waals surface area contributed by atoms with Crippen LogP contribution in [0.1, 0.15) is 9.67 Å². The molecule has 0 aromatic carbocycles. The molecule has 1 aromatic heterocycles. The average Bonchev–Trinajstić information content (AvgIpc) is 2.28. The van der Waals surface area contributed by atoms with Crippen molar-refractivity contribution in [1.82, 2.24) is 0 Å². The Bertz CT molecular complexity index is 282. The molecule has 0 saturated heterocycles. The molecule has 0 aliphatic heterocycles. The lowest BCUT2D eigenvalue weighted by atomic mass is 10.4. The number of rotatable bonds is 2. The maximum Gasteiger partial charge on any atom is 0.163 e. The fourth-order valence-electron chi connectivity index (χ4n) is 0.653. The number of halogens is 2. The van der Waals surface area contributed by atoms with Gasteiger partial charge in [-0.1, -0.05) is 0 Å². The Morgan fingerprint density at radius 2 is 2.18 bits per heavy atom. The van der Waals surface area contributed by atoms with E-state index in [-0.39, 0.29) is 0 Å². The van der Waals surface area contributed by atoms with Crippen LogP contribution in [-0.4, -0.2) is 13.4 Å². The highest BCUT2D eigenvalue weighted by Gasteiger charge is 2.13. The molecule has 0 saturated carbocycles. The summed E-state index contributed by atoms with van der Waals surface area (Å²) in [6, 6.07) is 0. The largest absolute Gasteiger partial charge is 0.494 e. The van der Waals surface area contributed by atoms with Gasteiger partial charge in [-0.2, -0.15) is 0 Å². The van der Waals surface area contributed by atoms with Crippen LogP contribution in [0.15, 0.2) is 8.26 Å². The highest BCUT2D eigenvalue weighted by Crippen LogP contribution is 2.41. The molecule has 0 N–H and O–H groups in total. The maximum absolute atomic E-state index is 10.4. The monoisotopic (exact) mass is 298 g/mol. The van der Waals surface area contributed by atoms with Gasteiger partial charge in [0.25, 0.3) is 0 Å². The van der Waals surface area contributed by atoms with Gasteiger partial charge in [0.1, 0.15) is 4.88 Å². The van der Waals surface area contributed by atoms with Gasteiger partial charge in [-0.15, -0.1) is 11.3 Å². The molecular formula is C6H4Br2O2S. The van der Waals surface area contributed by atoms with Crippen LogP contribution >= 0.6 is 43.2 Å². The molecular weight excluding hydrogens is 296 g/mol. The minimum absolute atomic E-state index is 0.589. The predicted octanol–water partition coefficient (Wildman–Crippen LogP) is 3.09. The van der Waals surface area contributed by atoms with Crippen molar-refractivity contribution >= 4 is 49.5 Å². The third kappa shape index (κ3) is 1.65. The van der Waals surface area contributed by atoms with Crippen molar-refractivity contribution in [2.75, 3.05) is 7.11 Å². The molecule has 0 fully saturated rings. The van der Waals surface area contributed by atoms with E-state index in [0.29, 0.717) is 10.6 Å². The molecule has 0 bridgehead atoms. The van der Waals surface area contributed by atoms with E-state index in [1.807, 2.05) is 0 Å². The predicted molar refractivity (Wildman–Crippen MR) is 51.7 cm³/mol. The van der Waals surface area contributed by atoms with Crippen molar-refractivity contribution in [2.45, 2.75) is 0 Å². The van der Waals surface area contributed by atoms with Crippen LogP contribution in [0.3, 0.4) is 0 Å². The SMILES string of the molecule is COc1c(C=O)sc(Br)c1Br. The molecule has 1 heterocycles. The molecule has 1 rings (SSSR count). The molecule has 0 amide bonds. The van der Waals surface area contributed by atoms with Crippen LogP contribution in [0.2, 0.25) is 0 Å². The summed E-state index contributed by atoms with van der Waals surface area (Å²) in [5, 5.41) is 0. The summed E-state index contributed by atoms with van der Waals surface area (Å²) < 4.78 is 6.66. The Hall–Kier alpha value is 0.130. The first-order valence-corrected chi connectivity index (χ1v) is 5.08. The zero-order valence-electron chi connectivity index (χ0n) is 5.56. The highest BCUT2D eigenvalue weighted by molar-refractivity contribution is 9.13. The molecule has 0 aliphatic carbocycles. The summed E-state index contributed by atoms with van der Waals surface area (Å²) in [6.07, 6.45) is 0.777. The molecule has 0 atom stereocenters. The van der Waals surface area contributed by atoms with E-state index < -0.39 is 0 Å². The summed E-state index contributed by atoms with van der Waals surface area (Å²) in [5.74, 6) is 0.594. The fourth-order valence-corrected chi connectivity index (χ4v) is 2.81. The first-order chi connectivity index (χ1) is 5.20. The van der Waals surface area contributed by atoms with Gasteiger partial charge in [-0.05, 0) is 31.9 Å². The summed E-state index contributed by atoms with van der Waals surface area (Å²) >= 11 is 7.91. The molecule has 1 aromatic rings. The van der Waals surface area contributed by atoms with Gasteiger partial charge in [-0.3, -0.25) is 4.79 Å². The van der Waals surface area contributed by atoms with Crippen molar-refractivity contribution in [3.8, 4) is 5.75 Å². The van der Waals surface area contributed by atoms with Crippen LogP contribution < -0.4 is 4.74 Å². The fraction of sp³-hybridized carbons (Fsp3) is 0.167. The second kappa shape index (κ2) is 3.69. The lowest BCUT2D eigenvalue weighted by Crippen LogP contribution is -1.84. The topological polar surface area (TPSA) is 26.3 Å². The van der Waals surface area contributed by atoms with E-state index >= 15 is 0 Å². The zero-order chi connectivity index (χ0) is 8.43. The number of carbonyl (C=O) groups excluding carboxylic acids is 1. The molecule has 11 heavy (non-hydrogen) atoms. The molecule has 5 heteroatoms. The lowest BCUT2D eigenvalue weighted by molar-refractivity contribution is 0.112. The smallest absolute Gasteiger partial charge is 0.163 e. The van der Waals surface area contributed by atoms with E-state index in [1.54, 1.807) is 0 Å².